The molecule has 1 aliphatic heterocycles. The molecule has 2 aliphatic rings. The van der Waals surface area contributed by atoms with Gasteiger partial charge in [0.25, 0.3) is 15.9 Å². The van der Waals surface area contributed by atoms with Crippen LogP contribution < -0.4 is 9.62 Å². The van der Waals surface area contributed by atoms with Crippen LogP contribution in [0.5, 0.6) is 0 Å². The quantitative estimate of drug-likeness (QED) is 0.233. The van der Waals surface area contributed by atoms with Crippen molar-refractivity contribution >= 4 is 50.0 Å². The molecule has 1 N–H and O–H groups in total. The van der Waals surface area contributed by atoms with Crippen LogP contribution in [0.1, 0.15) is 36.0 Å². The number of hydrogen-bond acceptors (Lipinski definition) is 6. The SMILES string of the molecule is O=C(c1ccc(NS(=O)(=O)c2cccc3cccnc23)cc1)N1CCN(c2ccc(SCCC3CCC3)cc2)CC1. The van der Waals surface area contributed by atoms with Crippen molar-refractivity contribution in [2.24, 2.45) is 5.92 Å². The van der Waals surface area contributed by atoms with E-state index in [9.17, 15) is 13.2 Å². The van der Waals surface area contributed by atoms with Gasteiger partial charge in [0.2, 0.25) is 0 Å². The van der Waals surface area contributed by atoms with Crippen LogP contribution in [-0.4, -0.2) is 56.1 Å². The molecule has 1 aromatic heterocycles. The van der Waals surface area contributed by atoms with Crippen molar-refractivity contribution in [1.29, 1.82) is 0 Å². The molecule has 1 aliphatic carbocycles. The number of amides is 1. The van der Waals surface area contributed by atoms with Gasteiger partial charge in [0.15, 0.2) is 0 Å². The lowest BCUT2D eigenvalue weighted by atomic mass is 9.84. The molecule has 0 atom stereocenters. The minimum atomic E-state index is -3.85. The molecule has 0 radical (unpaired) electrons. The molecule has 6 rings (SSSR count). The number of fused-ring (bicyclic) bond motifs is 1. The zero-order valence-corrected chi connectivity index (χ0v) is 24.5. The number of thioether (sulfide) groups is 1. The first kappa shape index (κ1) is 27.6. The number of nitrogens with one attached hydrogen (secondary N) is 1. The molecule has 0 bridgehead atoms. The van der Waals surface area contributed by atoms with Gasteiger partial charge in [-0.25, -0.2) is 8.42 Å². The van der Waals surface area contributed by atoms with Gasteiger partial charge in [-0.15, -0.1) is 11.8 Å². The van der Waals surface area contributed by atoms with Crippen LogP contribution >= 0.6 is 11.8 Å². The van der Waals surface area contributed by atoms with Crippen LogP contribution in [0, 0.1) is 5.92 Å². The maximum Gasteiger partial charge on any atom is 0.264 e. The Kier molecular flexibility index (Phi) is 8.16. The summed E-state index contributed by atoms with van der Waals surface area (Å²) in [6.45, 7) is 2.83. The summed E-state index contributed by atoms with van der Waals surface area (Å²) in [5, 5.41) is 0.752. The fourth-order valence-corrected chi connectivity index (χ4v) is 7.67. The molecule has 1 amide bonds. The monoisotopic (exact) mass is 586 g/mol. The number of piperazine rings is 1. The van der Waals surface area contributed by atoms with Gasteiger partial charge in [-0.1, -0.05) is 37.5 Å². The normalized spacial score (nSPS) is 16.0. The first-order chi connectivity index (χ1) is 20.0. The Morgan fingerprint density at radius 1 is 0.902 bits per heavy atom. The first-order valence-corrected chi connectivity index (χ1v) is 16.7. The van der Waals surface area contributed by atoms with Crippen molar-refractivity contribution in [3.8, 4) is 0 Å². The second kappa shape index (κ2) is 12.1. The molecule has 1 saturated carbocycles. The summed E-state index contributed by atoms with van der Waals surface area (Å²) in [6, 6.07) is 24.1. The van der Waals surface area contributed by atoms with Gasteiger partial charge in [0, 0.05) is 59.6 Å². The van der Waals surface area contributed by atoms with E-state index in [-0.39, 0.29) is 10.8 Å². The summed E-state index contributed by atoms with van der Waals surface area (Å²) in [4.78, 5) is 23.1. The predicted octanol–water partition coefficient (Wildman–Crippen LogP) is 6.28. The Morgan fingerprint density at radius 2 is 1.63 bits per heavy atom. The number of nitrogens with zero attached hydrogens (tertiary/aromatic N) is 3. The third-order valence-corrected chi connectivity index (χ3v) is 10.5. The maximum absolute atomic E-state index is 13.2. The molecular weight excluding hydrogens is 553 g/mol. The highest BCUT2D eigenvalue weighted by Gasteiger charge is 2.23. The Balaban J connectivity index is 1.02. The van der Waals surface area contributed by atoms with Crippen molar-refractivity contribution in [3.05, 3.63) is 90.6 Å². The summed E-state index contributed by atoms with van der Waals surface area (Å²) in [7, 11) is -3.85. The number of aromatic nitrogens is 1. The van der Waals surface area contributed by atoms with Gasteiger partial charge in [0.1, 0.15) is 4.90 Å². The molecule has 0 unspecified atom stereocenters. The lowest BCUT2D eigenvalue weighted by Gasteiger charge is -2.36. The molecule has 1 saturated heterocycles. The van der Waals surface area contributed by atoms with E-state index >= 15 is 0 Å². The number of carbonyl (C=O) groups excluding carboxylic acids is 1. The average molecular weight is 587 g/mol. The topological polar surface area (TPSA) is 82.6 Å². The van der Waals surface area contributed by atoms with E-state index in [2.05, 4.69) is 38.9 Å². The van der Waals surface area contributed by atoms with Crippen LogP contribution in [0.25, 0.3) is 10.9 Å². The minimum absolute atomic E-state index is 0.0458. The highest BCUT2D eigenvalue weighted by Crippen LogP contribution is 2.32. The Morgan fingerprint density at radius 3 is 2.34 bits per heavy atom. The zero-order chi connectivity index (χ0) is 28.2. The average Bonchev–Trinajstić information content (AvgIpc) is 2.98. The third-order valence-electron chi connectivity index (χ3n) is 8.06. The van der Waals surface area contributed by atoms with E-state index < -0.39 is 10.0 Å². The Hall–Kier alpha value is -3.56. The molecule has 41 heavy (non-hydrogen) atoms. The van der Waals surface area contributed by atoms with E-state index in [1.165, 1.54) is 42.0 Å². The van der Waals surface area contributed by atoms with Crippen LogP contribution in [0.15, 0.2) is 94.9 Å². The number of anilines is 2. The number of carbonyl (C=O) groups is 1. The van der Waals surface area contributed by atoms with Gasteiger partial charge < -0.3 is 9.80 Å². The summed E-state index contributed by atoms with van der Waals surface area (Å²) in [6.07, 6.45) is 7.12. The number of rotatable bonds is 9. The van der Waals surface area contributed by atoms with Gasteiger partial charge >= 0.3 is 0 Å². The minimum Gasteiger partial charge on any atom is -0.368 e. The van der Waals surface area contributed by atoms with E-state index in [1.54, 1.807) is 48.7 Å². The lowest BCUT2D eigenvalue weighted by Crippen LogP contribution is -2.48. The lowest BCUT2D eigenvalue weighted by molar-refractivity contribution is 0.0747. The number of pyridine rings is 1. The molecule has 0 spiro atoms. The Labute approximate surface area is 246 Å². The highest BCUT2D eigenvalue weighted by molar-refractivity contribution is 7.99. The second-order valence-corrected chi connectivity index (χ2v) is 13.5. The standard InChI is InChI=1S/C32H34N4O3S2/c37-32(36-21-19-35(20-22-36)28-13-15-29(16-14-28)40-23-17-24-4-1-5-24)26-9-11-27(12-10-26)34-41(38,39)30-8-2-6-25-7-3-18-33-31(25)30/h2-3,6-16,18,24,34H,1,4-5,17,19-23H2. The van der Waals surface area contributed by atoms with E-state index in [0.29, 0.717) is 29.9 Å². The number of sulfonamides is 1. The molecule has 9 heteroatoms. The van der Waals surface area contributed by atoms with Gasteiger partial charge in [0.05, 0.1) is 5.52 Å². The fourth-order valence-electron chi connectivity index (χ4n) is 5.41. The smallest absolute Gasteiger partial charge is 0.264 e. The molecule has 2 heterocycles. The highest BCUT2D eigenvalue weighted by atomic mass is 32.2. The van der Waals surface area contributed by atoms with Gasteiger partial charge in [-0.3, -0.25) is 14.5 Å². The van der Waals surface area contributed by atoms with E-state index in [4.69, 9.17) is 0 Å². The third kappa shape index (κ3) is 6.36. The van der Waals surface area contributed by atoms with Crippen LogP contribution in [-0.2, 0) is 10.0 Å². The first-order valence-electron chi connectivity index (χ1n) is 14.2. The summed E-state index contributed by atoms with van der Waals surface area (Å²) < 4.78 is 28.8. The zero-order valence-electron chi connectivity index (χ0n) is 22.9. The van der Waals surface area contributed by atoms with Crippen molar-refractivity contribution in [3.63, 3.8) is 0 Å². The molecule has 4 aromatic rings. The maximum atomic E-state index is 13.2. The second-order valence-electron chi connectivity index (χ2n) is 10.7. The van der Waals surface area contributed by atoms with Crippen molar-refractivity contribution < 1.29 is 13.2 Å². The largest absolute Gasteiger partial charge is 0.368 e. The van der Waals surface area contributed by atoms with Crippen molar-refractivity contribution in [1.82, 2.24) is 9.88 Å². The summed E-state index contributed by atoms with van der Waals surface area (Å²) >= 11 is 1.95. The van der Waals surface area contributed by atoms with Gasteiger partial charge in [-0.05, 0) is 78.8 Å². The fraction of sp³-hybridized carbons (Fsp3) is 0.312. The van der Waals surface area contributed by atoms with Crippen molar-refractivity contribution in [2.75, 3.05) is 41.6 Å². The van der Waals surface area contributed by atoms with Crippen LogP contribution in [0.2, 0.25) is 0 Å². The summed E-state index contributed by atoms with van der Waals surface area (Å²) in [5.74, 6) is 2.10. The molecule has 212 valence electrons. The van der Waals surface area contributed by atoms with E-state index in [0.717, 1.165) is 24.4 Å². The number of para-hydroxylation sites is 1. The molecular formula is C32H34N4O3S2. The number of hydrogen-bond donors (Lipinski definition) is 1. The molecule has 2 fully saturated rings. The van der Waals surface area contributed by atoms with Crippen molar-refractivity contribution in [2.45, 2.75) is 35.5 Å². The van der Waals surface area contributed by atoms with Gasteiger partial charge in [-0.2, -0.15) is 0 Å². The molecule has 3 aromatic carbocycles. The summed E-state index contributed by atoms with van der Waals surface area (Å²) in [5.41, 5.74) is 2.54. The van der Waals surface area contributed by atoms with Crippen LogP contribution in [0.4, 0.5) is 11.4 Å². The van der Waals surface area contributed by atoms with Crippen LogP contribution in [0.3, 0.4) is 0 Å². The number of benzene rings is 3. The Bertz CT molecular complexity index is 1610. The van der Waals surface area contributed by atoms with E-state index in [1.807, 2.05) is 28.8 Å². The molecule has 7 nitrogen and oxygen atoms in total. The predicted molar refractivity (Wildman–Crippen MR) is 166 cm³/mol.